The van der Waals surface area contributed by atoms with Gasteiger partial charge in [-0.2, -0.15) is 0 Å². The van der Waals surface area contributed by atoms with E-state index in [1.807, 2.05) is 18.2 Å². The summed E-state index contributed by atoms with van der Waals surface area (Å²) in [5.74, 6) is 0.938. The highest BCUT2D eigenvalue weighted by Gasteiger charge is 2.22. The lowest BCUT2D eigenvalue weighted by Crippen LogP contribution is -2.26. The van der Waals surface area contributed by atoms with E-state index in [-0.39, 0.29) is 0 Å². The monoisotopic (exact) mass is 330 g/mol. The van der Waals surface area contributed by atoms with Crippen molar-refractivity contribution < 1.29 is 0 Å². The highest BCUT2D eigenvalue weighted by Crippen LogP contribution is 2.29. The van der Waals surface area contributed by atoms with E-state index < -0.39 is 0 Å². The highest BCUT2D eigenvalue weighted by molar-refractivity contribution is 5.88. The third kappa shape index (κ3) is 2.53. The molecule has 2 N–H and O–H groups in total. The van der Waals surface area contributed by atoms with E-state index in [2.05, 4.69) is 52.4 Å². The molecule has 0 spiro atoms. The normalized spacial score (nSPS) is 18.5. The number of benzene rings is 2. The summed E-state index contributed by atoms with van der Waals surface area (Å²) in [6.45, 7) is 1.22. The molecule has 1 aliphatic heterocycles. The van der Waals surface area contributed by atoms with Crippen molar-refractivity contribution in [3.8, 4) is 11.4 Å². The standard InChI is InChI=1S/C21H22N4/c1-25-10-4-5-16(25)11-15-13-22-18-9-8-14(12-17(15)18)21-23-19-6-2-3-7-20(19)24-21/h2-3,6-9,12-13,16,22H,4-5,10-11H2,1H3,(H,23,24)/t16-/m1/s1. The third-order valence-corrected chi connectivity index (χ3v) is 5.56. The molecule has 0 saturated carbocycles. The number of hydrogen-bond donors (Lipinski definition) is 2. The number of hydrogen-bond acceptors (Lipinski definition) is 2. The molecule has 0 unspecified atom stereocenters. The quantitative estimate of drug-likeness (QED) is 0.587. The van der Waals surface area contributed by atoms with Crippen LogP contribution in [0.5, 0.6) is 0 Å². The molecule has 25 heavy (non-hydrogen) atoms. The maximum atomic E-state index is 4.75. The molecule has 4 aromatic rings. The fraction of sp³-hybridized carbons (Fsp3) is 0.286. The second-order valence-electron chi connectivity index (χ2n) is 7.16. The molecule has 1 aliphatic rings. The van der Waals surface area contributed by atoms with Gasteiger partial charge in [0.05, 0.1) is 11.0 Å². The van der Waals surface area contributed by atoms with E-state index >= 15 is 0 Å². The average Bonchev–Trinajstić information content (AvgIpc) is 3.34. The smallest absolute Gasteiger partial charge is 0.138 e. The minimum atomic E-state index is 0.661. The first-order chi connectivity index (χ1) is 12.3. The van der Waals surface area contributed by atoms with Gasteiger partial charge >= 0.3 is 0 Å². The van der Waals surface area contributed by atoms with Crippen LogP contribution in [0.1, 0.15) is 18.4 Å². The minimum absolute atomic E-state index is 0.661. The Morgan fingerprint density at radius 1 is 1.16 bits per heavy atom. The maximum Gasteiger partial charge on any atom is 0.138 e. The summed E-state index contributed by atoms with van der Waals surface area (Å²) >= 11 is 0. The molecule has 2 aromatic carbocycles. The van der Waals surface area contributed by atoms with Crippen LogP contribution < -0.4 is 0 Å². The summed E-state index contributed by atoms with van der Waals surface area (Å²) < 4.78 is 0. The molecular formula is C21H22N4. The van der Waals surface area contributed by atoms with Gasteiger partial charge in [0.1, 0.15) is 5.82 Å². The Morgan fingerprint density at radius 2 is 2.08 bits per heavy atom. The van der Waals surface area contributed by atoms with Gasteiger partial charge in [-0.25, -0.2) is 4.98 Å². The Labute approximate surface area is 146 Å². The second-order valence-corrected chi connectivity index (χ2v) is 7.16. The number of nitrogens with one attached hydrogen (secondary N) is 2. The van der Waals surface area contributed by atoms with Crippen LogP contribution in [0, 0.1) is 0 Å². The Morgan fingerprint density at radius 3 is 2.92 bits per heavy atom. The molecule has 5 rings (SSSR count). The molecule has 4 nitrogen and oxygen atoms in total. The number of aromatic nitrogens is 3. The van der Waals surface area contributed by atoms with Crippen LogP contribution >= 0.6 is 0 Å². The van der Waals surface area contributed by atoms with Crippen LogP contribution in [0.2, 0.25) is 0 Å². The van der Waals surface area contributed by atoms with Crippen LogP contribution in [-0.4, -0.2) is 39.5 Å². The van der Waals surface area contributed by atoms with Crippen molar-refractivity contribution in [1.29, 1.82) is 0 Å². The molecule has 1 fully saturated rings. The lowest BCUT2D eigenvalue weighted by Gasteiger charge is -2.18. The first-order valence-corrected chi connectivity index (χ1v) is 9.03. The molecule has 2 aromatic heterocycles. The second kappa shape index (κ2) is 5.74. The Kier molecular flexibility index (Phi) is 3.38. The summed E-state index contributed by atoms with van der Waals surface area (Å²) in [6, 6.07) is 15.4. The summed E-state index contributed by atoms with van der Waals surface area (Å²) in [4.78, 5) is 14.1. The van der Waals surface area contributed by atoms with Gasteiger partial charge in [-0.05, 0) is 68.8 Å². The van der Waals surface area contributed by atoms with Crippen LogP contribution in [0.25, 0.3) is 33.3 Å². The van der Waals surface area contributed by atoms with E-state index in [1.54, 1.807) is 0 Å². The number of H-pyrrole nitrogens is 2. The summed E-state index contributed by atoms with van der Waals surface area (Å²) in [6.07, 6.45) is 5.90. The Hall–Kier alpha value is -2.59. The van der Waals surface area contributed by atoms with Gasteiger partial charge in [0.2, 0.25) is 0 Å². The number of aromatic amines is 2. The number of likely N-dealkylation sites (tertiary alicyclic amines) is 1. The van der Waals surface area contributed by atoms with E-state index in [0.29, 0.717) is 6.04 Å². The zero-order chi connectivity index (χ0) is 16.8. The van der Waals surface area contributed by atoms with Crippen LogP contribution in [0.15, 0.2) is 48.7 Å². The molecule has 4 heteroatoms. The van der Waals surface area contributed by atoms with Crippen molar-refractivity contribution >= 4 is 21.9 Å². The highest BCUT2D eigenvalue weighted by atomic mass is 15.1. The SMILES string of the molecule is CN1CCC[C@@H]1Cc1c[nH]c2ccc(-c3nc4ccccc4[nH]3)cc12. The molecule has 0 amide bonds. The van der Waals surface area contributed by atoms with Gasteiger partial charge in [-0.15, -0.1) is 0 Å². The molecule has 1 atom stereocenters. The third-order valence-electron chi connectivity index (χ3n) is 5.56. The van der Waals surface area contributed by atoms with E-state index in [9.17, 15) is 0 Å². The van der Waals surface area contributed by atoms with Gasteiger partial charge < -0.3 is 14.9 Å². The van der Waals surface area contributed by atoms with E-state index in [1.165, 1.54) is 35.9 Å². The number of fused-ring (bicyclic) bond motifs is 2. The summed E-state index contributed by atoms with van der Waals surface area (Å²) in [5.41, 5.74) is 5.85. The number of rotatable bonds is 3. The summed E-state index contributed by atoms with van der Waals surface area (Å²) in [5, 5.41) is 1.32. The largest absolute Gasteiger partial charge is 0.361 e. The zero-order valence-corrected chi connectivity index (χ0v) is 14.4. The molecule has 0 radical (unpaired) electrons. The van der Waals surface area contributed by atoms with E-state index in [0.717, 1.165) is 28.8 Å². The van der Waals surface area contributed by atoms with Crippen molar-refractivity contribution in [2.24, 2.45) is 0 Å². The molecule has 1 saturated heterocycles. The predicted molar refractivity (Wildman–Crippen MR) is 103 cm³/mol. The molecule has 0 bridgehead atoms. The lowest BCUT2D eigenvalue weighted by molar-refractivity contribution is 0.310. The van der Waals surface area contributed by atoms with Crippen LogP contribution in [-0.2, 0) is 6.42 Å². The van der Waals surface area contributed by atoms with Gasteiger partial charge in [0.25, 0.3) is 0 Å². The zero-order valence-electron chi connectivity index (χ0n) is 14.4. The number of likely N-dealkylation sites (N-methyl/N-ethyl adjacent to an activating group) is 1. The Balaban J connectivity index is 1.55. The fourth-order valence-electron chi connectivity index (χ4n) is 4.08. The lowest BCUT2D eigenvalue weighted by atomic mass is 10.0. The fourth-order valence-corrected chi connectivity index (χ4v) is 4.08. The van der Waals surface area contributed by atoms with Crippen molar-refractivity contribution in [1.82, 2.24) is 19.9 Å². The topological polar surface area (TPSA) is 47.7 Å². The maximum absolute atomic E-state index is 4.75. The number of para-hydroxylation sites is 2. The Bertz CT molecular complexity index is 1010. The van der Waals surface area contributed by atoms with Crippen molar-refractivity contribution in [2.75, 3.05) is 13.6 Å². The molecular weight excluding hydrogens is 308 g/mol. The van der Waals surface area contributed by atoms with Crippen LogP contribution in [0.3, 0.4) is 0 Å². The predicted octanol–water partition coefficient (Wildman–Crippen LogP) is 4.35. The molecule has 3 heterocycles. The van der Waals surface area contributed by atoms with Crippen LogP contribution in [0.4, 0.5) is 0 Å². The van der Waals surface area contributed by atoms with Gasteiger partial charge in [0.15, 0.2) is 0 Å². The summed E-state index contributed by atoms with van der Waals surface area (Å²) in [7, 11) is 2.24. The van der Waals surface area contributed by atoms with Crippen molar-refractivity contribution in [3.05, 3.63) is 54.2 Å². The van der Waals surface area contributed by atoms with Gasteiger partial charge in [-0.3, -0.25) is 0 Å². The first-order valence-electron chi connectivity index (χ1n) is 9.03. The molecule has 0 aliphatic carbocycles. The number of nitrogens with zero attached hydrogens (tertiary/aromatic N) is 2. The number of imidazole rings is 1. The average molecular weight is 330 g/mol. The minimum Gasteiger partial charge on any atom is -0.361 e. The van der Waals surface area contributed by atoms with Gasteiger partial charge in [-0.1, -0.05) is 12.1 Å². The van der Waals surface area contributed by atoms with Gasteiger partial charge in [0, 0.05) is 28.7 Å². The van der Waals surface area contributed by atoms with Crippen molar-refractivity contribution in [2.45, 2.75) is 25.3 Å². The first kappa shape index (κ1) is 14.7. The van der Waals surface area contributed by atoms with Crippen molar-refractivity contribution in [3.63, 3.8) is 0 Å². The molecule has 126 valence electrons. The van der Waals surface area contributed by atoms with E-state index in [4.69, 9.17) is 4.98 Å².